The van der Waals surface area contributed by atoms with E-state index in [4.69, 9.17) is 0 Å². The first-order valence-electron chi connectivity index (χ1n) is 5.87. The lowest BCUT2D eigenvalue weighted by Crippen LogP contribution is -2.34. The number of nitrogens with zero attached hydrogens (tertiary/aromatic N) is 2. The highest BCUT2D eigenvalue weighted by Crippen LogP contribution is 2.06. The van der Waals surface area contributed by atoms with E-state index >= 15 is 0 Å². The van der Waals surface area contributed by atoms with Crippen LogP contribution in [0.25, 0.3) is 0 Å². The van der Waals surface area contributed by atoms with Gasteiger partial charge in [-0.3, -0.25) is 0 Å². The van der Waals surface area contributed by atoms with E-state index < -0.39 is 0 Å². The Kier molecular flexibility index (Phi) is 6.82. The van der Waals surface area contributed by atoms with E-state index in [9.17, 15) is 0 Å². The van der Waals surface area contributed by atoms with Gasteiger partial charge in [-0.15, -0.1) is 0 Å². The molecule has 0 amide bonds. The van der Waals surface area contributed by atoms with E-state index in [2.05, 4.69) is 32.7 Å². The summed E-state index contributed by atoms with van der Waals surface area (Å²) < 4.78 is 0. The maximum atomic E-state index is 3.49. The molecule has 2 nitrogen and oxygen atoms in total. The van der Waals surface area contributed by atoms with Gasteiger partial charge in [0, 0.05) is 18.4 Å². The van der Waals surface area contributed by atoms with Crippen LogP contribution in [0.1, 0.15) is 26.2 Å². The van der Waals surface area contributed by atoms with Crippen molar-refractivity contribution in [2.24, 2.45) is 0 Å². The molecule has 0 saturated carbocycles. The van der Waals surface area contributed by atoms with Crippen LogP contribution < -0.4 is 0 Å². The molecule has 1 rings (SSSR count). The maximum Gasteiger partial charge on any atom is 0.0109 e. The Morgan fingerprint density at radius 2 is 1.93 bits per heavy atom. The fraction of sp³-hybridized carbons (Fsp3) is 1.00. The highest BCUT2D eigenvalue weighted by Gasteiger charge is 2.12. The third kappa shape index (κ3) is 4.76. The van der Waals surface area contributed by atoms with Crippen LogP contribution in [-0.4, -0.2) is 54.4 Å². The molecule has 0 spiro atoms. The molecule has 84 valence electrons. The maximum absolute atomic E-state index is 3.49. The number of hydrogen-bond donors (Lipinski definition) is 0. The third-order valence-electron chi connectivity index (χ3n) is 2.99. The fourth-order valence-corrected chi connectivity index (χ4v) is 2.25. The van der Waals surface area contributed by atoms with E-state index in [-0.39, 0.29) is 0 Å². The standard InChI is InChI=1S/C11H23BrN2/c1-2-13(9-5-6-12)10-11-14-7-3-4-8-14/h2-11H2,1H3. The SMILES string of the molecule is CCN(CCCBr)CCN1CCCC1. The van der Waals surface area contributed by atoms with Crippen LogP contribution in [0.5, 0.6) is 0 Å². The molecule has 1 fully saturated rings. The largest absolute Gasteiger partial charge is 0.302 e. The van der Waals surface area contributed by atoms with Crippen LogP contribution in [0.3, 0.4) is 0 Å². The van der Waals surface area contributed by atoms with E-state index in [1.807, 2.05) is 0 Å². The topological polar surface area (TPSA) is 6.48 Å². The van der Waals surface area contributed by atoms with Crippen molar-refractivity contribution in [1.82, 2.24) is 9.80 Å². The Balaban J connectivity index is 2.06. The minimum Gasteiger partial charge on any atom is -0.302 e. The van der Waals surface area contributed by atoms with Gasteiger partial charge in [-0.1, -0.05) is 22.9 Å². The normalized spacial score (nSPS) is 18.2. The minimum atomic E-state index is 1.13. The van der Waals surface area contributed by atoms with Crippen molar-refractivity contribution in [3.8, 4) is 0 Å². The number of likely N-dealkylation sites (tertiary alicyclic amines) is 1. The highest BCUT2D eigenvalue weighted by atomic mass is 79.9. The van der Waals surface area contributed by atoms with Crippen LogP contribution in [0.2, 0.25) is 0 Å². The number of alkyl halides is 1. The second-order valence-electron chi connectivity index (χ2n) is 4.03. The zero-order valence-electron chi connectivity index (χ0n) is 9.34. The second kappa shape index (κ2) is 7.66. The van der Waals surface area contributed by atoms with Crippen LogP contribution in [0, 0.1) is 0 Å². The molecule has 3 heteroatoms. The van der Waals surface area contributed by atoms with E-state index in [0.29, 0.717) is 0 Å². The Morgan fingerprint density at radius 1 is 1.21 bits per heavy atom. The number of hydrogen-bond acceptors (Lipinski definition) is 2. The Hall–Kier alpha value is 0.400. The molecule has 1 heterocycles. The van der Waals surface area contributed by atoms with Crippen molar-refractivity contribution in [3.05, 3.63) is 0 Å². The molecule has 1 saturated heterocycles. The van der Waals surface area contributed by atoms with Gasteiger partial charge in [0.1, 0.15) is 0 Å². The molecule has 0 aromatic rings. The van der Waals surface area contributed by atoms with E-state index in [0.717, 1.165) is 5.33 Å². The fourth-order valence-electron chi connectivity index (χ4n) is 2.00. The summed E-state index contributed by atoms with van der Waals surface area (Å²) in [5.41, 5.74) is 0. The first-order valence-corrected chi connectivity index (χ1v) is 6.99. The average molecular weight is 263 g/mol. The predicted octanol–water partition coefficient (Wildman–Crippen LogP) is 2.19. The molecule has 0 bridgehead atoms. The lowest BCUT2D eigenvalue weighted by atomic mass is 10.4. The summed E-state index contributed by atoms with van der Waals surface area (Å²) in [6, 6.07) is 0. The van der Waals surface area contributed by atoms with Crippen molar-refractivity contribution in [2.45, 2.75) is 26.2 Å². The lowest BCUT2D eigenvalue weighted by Gasteiger charge is -2.23. The first kappa shape index (κ1) is 12.5. The molecule has 0 unspecified atom stereocenters. The second-order valence-corrected chi connectivity index (χ2v) is 4.82. The van der Waals surface area contributed by atoms with Crippen molar-refractivity contribution >= 4 is 15.9 Å². The first-order chi connectivity index (χ1) is 6.86. The molecule has 1 aliphatic heterocycles. The minimum absolute atomic E-state index is 1.13. The number of likely N-dealkylation sites (N-methyl/N-ethyl adjacent to an activating group) is 1. The number of halogens is 1. The summed E-state index contributed by atoms with van der Waals surface area (Å²) >= 11 is 3.49. The van der Waals surface area contributed by atoms with Crippen molar-refractivity contribution < 1.29 is 0 Å². The molecule has 0 radical (unpaired) electrons. The van der Waals surface area contributed by atoms with Gasteiger partial charge in [0.2, 0.25) is 0 Å². The van der Waals surface area contributed by atoms with Crippen molar-refractivity contribution in [2.75, 3.05) is 44.6 Å². The molecule has 0 N–H and O–H groups in total. The summed E-state index contributed by atoms with van der Waals surface area (Å²) in [6.07, 6.45) is 4.09. The Morgan fingerprint density at radius 3 is 2.50 bits per heavy atom. The van der Waals surface area contributed by atoms with E-state index in [1.165, 1.54) is 58.5 Å². The van der Waals surface area contributed by atoms with E-state index in [1.54, 1.807) is 0 Å². The van der Waals surface area contributed by atoms with Crippen LogP contribution in [-0.2, 0) is 0 Å². The molecule has 14 heavy (non-hydrogen) atoms. The van der Waals surface area contributed by atoms with Gasteiger partial charge >= 0.3 is 0 Å². The van der Waals surface area contributed by atoms with Gasteiger partial charge in [-0.2, -0.15) is 0 Å². The smallest absolute Gasteiger partial charge is 0.0109 e. The van der Waals surface area contributed by atoms with Crippen molar-refractivity contribution in [1.29, 1.82) is 0 Å². The molecule has 0 aromatic heterocycles. The summed E-state index contributed by atoms with van der Waals surface area (Å²) in [5, 5.41) is 1.13. The Bertz CT molecular complexity index is 135. The average Bonchev–Trinajstić information content (AvgIpc) is 2.71. The molecular formula is C11H23BrN2. The molecular weight excluding hydrogens is 240 g/mol. The lowest BCUT2D eigenvalue weighted by molar-refractivity contribution is 0.234. The molecule has 0 aliphatic carbocycles. The predicted molar refractivity (Wildman–Crippen MR) is 66.2 cm³/mol. The summed E-state index contributed by atoms with van der Waals surface area (Å²) in [7, 11) is 0. The van der Waals surface area contributed by atoms with Gasteiger partial charge in [-0.05, 0) is 45.4 Å². The molecule has 0 atom stereocenters. The summed E-state index contributed by atoms with van der Waals surface area (Å²) in [5.74, 6) is 0. The summed E-state index contributed by atoms with van der Waals surface area (Å²) in [6.45, 7) is 9.89. The molecule has 1 aliphatic rings. The zero-order chi connectivity index (χ0) is 10.2. The van der Waals surface area contributed by atoms with Gasteiger partial charge in [0.05, 0.1) is 0 Å². The van der Waals surface area contributed by atoms with Gasteiger partial charge in [0.15, 0.2) is 0 Å². The quantitative estimate of drug-likeness (QED) is 0.650. The van der Waals surface area contributed by atoms with Crippen LogP contribution >= 0.6 is 15.9 Å². The van der Waals surface area contributed by atoms with Crippen LogP contribution in [0.4, 0.5) is 0 Å². The van der Waals surface area contributed by atoms with Gasteiger partial charge < -0.3 is 9.80 Å². The van der Waals surface area contributed by atoms with Crippen LogP contribution in [0.15, 0.2) is 0 Å². The zero-order valence-corrected chi connectivity index (χ0v) is 10.9. The summed E-state index contributed by atoms with van der Waals surface area (Å²) in [4.78, 5) is 5.15. The molecule has 0 aromatic carbocycles. The Labute approximate surface area is 96.8 Å². The van der Waals surface area contributed by atoms with Gasteiger partial charge in [-0.25, -0.2) is 0 Å². The van der Waals surface area contributed by atoms with Gasteiger partial charge in [0.25, 0.3) is 0 Å². The third-order valence-corrected chi connectivity index (χ3v) is 3.55. The van der Waals surface area contributed by atoms with Crippen molar-refractivity contribution in [3.63, 3.8) is 0 Å². The number of rotatable bonds is 7. The monoisotopic (exact) mass is 262 g/mol. The highest BCUT2D eigenvalue weighted by molar-refractivity contribution is 9.09.